The quantitative estimate of drug-likeness (QED) is 0.603. The predicted octanol–water partition coefficient (Wildman–Crippen LogP) is 4.90. The second kappa shape index (κ2) is 7.03. The summed E-state index contributed by atoms with van der Waals surface area (Å²) in [7, 11) is 0. The highest BCUT2D eigenvalue weighted by Gasteiger charge is 2.11. The number of hydrogen-bond donors (Lipinski definition) is 0. The van der Waals surface area contributed by atoms with Crippen molar-refractivity contribution in [3.05, 3.63) is 51.4 Å². The number of benzene rings is 1. The number of rotatable bonds is 6. The summed E-state index contributed by atoms with van der Waals surface area (Å²) < 4.78 is 5.71. The molecule has 0 radical (unpaired) electrons. The van der Waals surface area contributed by atoms with Crippen molar-refractivity contribution < 1.29 is 4.74 Å². The zero-order valence-electron chi connectivity index (χ0n) is 12.7. The van der Waals surface area contributed by atoms with Crippen LogP contribution in [-0.4, -0.2) is 16.6 Å². The van der Waals surface area contributed by atoms with Gasteiger partial charge in [0.1, 0.15) is 5.75 Å². The van der Waals surface area contributed by atoms with E-state index in [1.165, 1.54) is 4.88 Å². The van der Waals surface area contributed by atoms with Crippen LogP contribution in [0.2, 0.25) is 0 Å². The zero-order valence-corrected chi connectivity index (χ0v) is 14.3. The summed E-state index contributed by atoms with van der Waals surface area (Å²) in [5, 5.41) is 4.39. The van der Waals surface area contributed by atoms with Crippen LogP contribution >= 0.6 is 22.7 Å². The molecule has 0 N–H and O–H groups in total. The van der Waals surface area contributed by atoms with Crippen molar-refractivity contribution in [2.24, 2.45) is 0 Å². The van der Waals surface area contributed by atoms with Gasteiger partial charge in [-0.3, -0.25) is 0 Å². The Labute approximate surface area is 138 Å². The first-order valence-electron chi connectivity index (χ1n) is 7.29. The molecule has 0 aliphatic carbocycles. The van der Waals surface area contributed by atoms with E-state index < -0.39 is 0 Å². The van der Waals surface area contributed by atoms with Gasteiger partial charge >= 0.3 is 0 Å². The van der Waals surface area contributed by atoms with Crippen LogP contribution in [0.1, 0.15) is 22.1 Å². The Balaban J connectivity index is 1.53. The second-order valence-corrected chi connectivity index (χ2v) is 7.18. The van der Waals surface area contributed by atoms with Crippen LogP contribution in [-0.2, 0) is 6.42 Å². The molecule has 0 saturated heterocycles. The maximum absolute atomic E-state index is 5.71. The molecule has 0 unspecified atom stereocenters. The molecule has 0 fully saturated rings. The van der Waals surface area contributed by atoms with Crippen molar-refractivity contribution in [2.75, 3.05) is 6.61 Å². The molecule has 0 saturated carbocycles. The van der Waals surface area contributed by atoms with Crippen molar-refractivity contribution >= 4 is 22.7 Å². The van der Waals surface area contributed by atoms with Gasteiger partial charge < -0.3 is 4.74 Å². The van der Waals surface area contributed by atoms with Gasteiger partial charge in [0.2, 0.25) is 0 Å². The molecule has 0 aliphatic rings. The first-order chi connectivity index (χ1) is 10.7. The fourth-order valence-corrected chi connectivity index (χ4v) is 4.02. The maximum Gasteiger partial charge on any atom is 0.119 e. The highest BCUT2D eigenvalue weighted by Crippen LogP contribution is 2.30. The molecule has 5 heteroatoms. The molecule has 0 aliphatic heterocycles. The fraction of sp³-hybridized carbons (Fsp3) is 0.294. The van der Waals surface area contributed by atoms with Gasteiger partial charge in [-0.1, -0.05) is 18.2 Å². The van der Waals surface area contributed by atoms with Crippen LogP contribution in [0.4, 0.5) is 0 Å². The molecule has 0 spiro atoms. The van der Waals surface area contributed by atoms with Gasteiger partial charge in [-0.25, -0.2) is 9.97 Å². The molecule has 114 valence electrons. The number of para-hydroxylation sites is 1. The third-order valence-electron chi connectivity index (χ3n) is 3.23. The van der Waals surface area contributed by atoms with Gasteiger partial charge in [0, 0.05) is 11.8 Å². The number of ether oxygens (including phenoxy) is 1. The average molecular weight is 330 g/mol. The van der Waals surface area contributed by atoms with E-state index in [-0.39, 0.29) is 0 Å². The highest BCUT2D eigenvalue weighted by molar-refractivity contribution is 7.15. The lowest BCUT2D eigenvalue weighted by atomic mass is 10.3. The molecule has 0 amide bonds. The van der Waals surface area contributed by atoms with Crippen molar-refractivity contribution in [3.63, 3.8) is 0 Å². The minimum absolute atomic E-state index is 0.720. The predicted molar refractivity (Wildman–Crippen MR) is 93.0 cm³/mol. The third kappa shape index (κ3) is 3.72. The summed E-state index contributed by atoms with van der Waals surface area (Å²) in [6.45, 7) is 4.80. The average Bonchev–Trinajstić information content (AvgIpc) is 3.11. The van der Waals surface area contributed by atoms with E-state index in [9.17, 15) is 0 Å². The van der Waals surface area contributed by atoms with Crippen molar-refractivity contribution in [3.8, 4) is 16.3 Å². The van der Waals surface area contributed by atoms with E-state index in [4.69, 9.17) is 9.72 Å². The molecule has 1 aromatic carbocycles. The normalized spacial score (nSPS) is 10.8. The Kier molecular flexibility index (Phi) is 4.85. The minimum Gasteiger partial charge on any atom is -0.494 e. The summed E-state index contributed by atoms with van der Waals surface area (Å²) in [4.78, 5) is 10.4. The largest absolute Gasteiger partial charge is 0.494 e. The zero-order chi connectivity index (χ0) is 15.4. The van der Waals surface area contributed by atoms with Crippen LogP contribution in [0.25, 0.3) is 10.6 Å². The maximum atomic E-state index is 5.71. The summed E-state index contributed by atoms with van der Waals surface area (Å²) in [6.07, 6.45) is 1.93. The number of aryl methyl sites for hydroxylation is 3. The SMILES string of the molecule is Cc1nc(C)c(-c2csc(CCCOc3ccccc3)n2)s1. The van der Waals surface area contributed by atoms with Crippen LogP contribution in [0.3, 0.4) is 0 Å². The Bertz CT molecular complexity index is 734. The van der Waals surface area contributed by atoms with Crippen molar-refractivity contribution in [2.45, 2.75) is 26.7 Å². The van der Waals surface area contributed by atoms with Crippen LogP contribution in [0, 0.1) is 13.8 Å². The molecule has 3 aromatic rings. The molecule has 3 nitrogen and oxygen atoms in total. The summed E-state index contributed by atoms with van der Waals surface area (Å²) in [6, 6.07) is 9.93. The van der Waals surface area contributed by atoms with Gasteiger partial charge in [-0.05, 0) is 32.4 Å². The number of thiazole rings is 2. The molecule has 0 atom stereocenters. The fourth-order valence-electron chi connectivity index (χ4n) is 2.23. The smallest absolute Gasteiger partial charge is 0.119 e. The topological polar surface area (TPSA) is 35.0 Å². The van der Waals surface area contributed by atoms with Crippen molar-refractivity contribution in [1.29, 1.82) is 0 Å². The highest BCUT2D eigenvalue weighted by atomic mass is 32.1. The van der Waals surface area contributed by atoms with E-state index in [1.54, 1.807) is 22.7 Å². The number of hydrogen-bond acceptors (Lipinski definition) is 5. The van der Waals surface area contributed by atoms with E-state index in [0.29, 0.717) is 0 Å². The van der Waals surface area contributed by atoms with Gasteiger partial charge in [-0.2, -0.15) is 0 Å². The number of nitrogens with zero attached hydrogens (tertiary/aromatic N) is 2. The molecule has 2 aromatic heterocycles. The lowest BCUT2D eigenvalue weighted by Gasteiger charge is -2.04. The lowest BCUT2D eigenvalue weighted by molar-refractivity contribution is 0.311. The van der Waals surface area contributed by atoms with Crippen molar-refractivity contribution in [1.82, 2.24) is 9.97 Å². The van der Waals surface area contributed by atoms with Gasteiger partial charge in [0.15, 0.2) is 0 Å². The summed E-state index contributed by atoms with van der Waals surface area (Å²) >= 11 is 3.44. The first kappa shape index (κ1) is 15.2. The Morgan fingerprint density at radius 2 is 1.91 bits per heavy atom. The van der Waals surface area contributed by atoms with Gasteiger partial charge in [0.25, 0.3) is 0 Å². The van der Waals surface area contributed by atoms with E-state index in [2.05, 4.69) is 10.4 Å². The molecule has 2 heterocycles. The van der Waals surface area contributed by atoms with E-state index in [1.807, 2.05) is 44.2 Å². The second-order valence-electron chi connectivity index (χ2n) is 5.04. The summed E-state index contributed by atoms with van der Waals surface area (Å²) in [5.41, 5.74) is 2.14. The lowest BCUT2D eigenvalue weighted by Crippen LogP contribution is -1.99. The molecule has 22 heavy (non-hydrogen) atoms. The van der Waals surface area contributed by atoms with Gasteiger partial charge in [0.05, 0.1) is 32.9 Å². The van der Waals surface area contributed by atoms with E-state index >= 15 is 0 Å². The third-order valence-corrected chi connectivity index (χ3v) is 5.24. The molecular formula is C17H18N2OS2. The Hall–Kier alpha value is -1.72. The minimum atomic E-state index is 0.720. The van der Waals surface area contributed by atoms with Crippen LogP contribution in [0.15, 0.2) is 35.7 Å². The Morgan fingerprint density at radius 1 is 1.09 bits per heavy atom. The summed E-state index contributed by atoms with van der Waals surface area (Å²) in [5.74, 6) is 0.929. The molecular weight excluding hydrogens is 312 g/mol. The Morgan fingerprint density at radius 3 is 2.64 bits per heavy atom. The standard InChI is InChI=1S/C17H18N2OS2/c1-12-17(22-13(2)18-12)15-11-21-16(19-15)9-6-10-20-14-7-4-3-5-8-14/h3-5,7-8,11H,6,9-10H2,1-2H3. The van der Waals surface area contributed by atoms with E-state index in [0.717, 1.165) is 46.6 Å². The first-order valence-corrected chi connectivity index (χ1v) is 8.98. The number of aromatic nitrogens is 2. The van der Waals surface area contributed by atoms with Crippen LogP contribution < -0.4 is 4.74 Å². The van der Waals surface area contributed by atoms with Gasteiger partial charge in [-0.15, -0.1) is 22.7 Å². The molecule has 0 bridgehead atoms. The van der Waals surface area contributed by atoms with Crippen LogP contribution in [0.5, 0.6) is 5.75 Å². The molecule has 3 rings (SSSR count). The monoisotopic (exact) mass is 330 g/mol.